The molecule has 0 radical (unpaired) electrons. The van der Waals surface area contributed by atoms with Gasteiger partial charge in [-0.15, -0.1) is 0 Å². The summed E-state index contributed by atoms with van der Waals surface area (Å²) in [6.07, 6.45) is 0. The molecule has 0 saturated carbocycles. The maximum absolute atomic E-state index is 5.24. The zero-order valence-corrected chi connectivity index (χ0v) is 14.5. The fourth-order valence-corrected chi connectivity index (χ4v) is 6.46. The molecule has 6 heteroatoms. The van der Waals surface area contributed by atoms with Gasteiger partial charge < -0.3 is 9.47 Å². The molecule has 0 aromatic rings. The molecule has 0 spiro atoms. The van der Waals surface area contributed by atoms with Crippen LogP contribution >= 0.6 is 0 Å². The SMILES string of the molecule is COC(OC)[SiH2]CC[SiH2]C(N(C)C)N(C)C. The summed E-state index contributed by atoms with van der Waals surface area (Å²) in [7, 11) is 11.9. The highest BCUT2D eigenvalue weighted by atomic mass is 28.2. The Morgan fingerprint density at radius 1 is 0.875 bits per heavy atom. The number of hydrogen-bond acceptors (Lipinski definition) is 4. The highest BCUT2D eigenvalue weighted by molar-refractivity contribution is 6.43. The molecule has 98 valence electrons. The number of hydrogen-bond donors (Lipinski definition) is 0. The Morgan fingerprint density at radius 2 is 1.31 bits per heavy atom. The van der Waals surface area contributed by atoms with Crippen LogP contribution in [0.15, 0.2) is 0 Å². The van der Waals surface area contributed by atoms with Crippen LogP contribution in [-0.4, -0.2) is 83.0 Å². The molecule has 0 aliphatic carbocycles. The third kappa shape index (κ3) is 6.77. The Kier molecular flexibility index (Phi) is 9.48. The molecule has 0 rings (SSSR count). The van der Waals surface area contributed by atoms with E-state index in [-0.39, 0.29) is 25.0 Å². The summed E-state index contributed by atoms with van der Waals surface area (Å²) >= 11 is 0. The summed E-state index contributed by atoms with van der Waals surface area (Å²) in [5.41, 5.74) is 0. The minimum atomic E-state index is -0.214. The van der Waals surface area contributed by atoms with E-state index >= 15 is 0 Å². The van der Waals surface area contributed by atoms with Crippen molar-refractivity contribution in [2.24, 2.45) is 0 Å². The van der Waals surface area contributed by atoms with Gasteiger partial charge >= 0.3 is 0 Å². The second kappa shape index (κ2) is 9.32. The lowest BCUT2D eigenvalue weighted by Gasteiger charge is -2.30. The van der Waals surface area contributed by atoms with Gasteiger partial charge in [-0.2, -0.15) is 0 Å². The summed E-state index contributed by atoms with van der Waals surface area (Å²) < 4.78 is 10.5. The van der Waals surface area contributed by atoms with Gasteiger partial charge in [-0.25, -0.2) is 0 Å². The molecule has 0 bridgehead atoms. The molecule has 0 heterocycles. The zero-order valence-electron chi connectivity index (χ0n) is 11.7. The molecular formula is C10H28N2O2Si2. The molecule has 0 saturated heterocycles. The second-order valence-electron chi connectivity index (χ2n) is 4.59. The van der Waals surface area contributed by atoms with Crippen molar-refractivity contribution in [2.75, 3.05) is 42.4 Å². The van der Waals surface area contributed by atoms with Gasteiger partial charge in [0.15, 0.2) is 0 Å². The van der Waals surface area contributed by atoms with Crippen LogP contribution in [0.3, 0.4) is 0 Å². The van der Waals surface area contributed by atoms with Gasteiger partial charge in [0.1, 0.15) is 5.91 Å². The van der Waals surface area contributed by atoms with Crippen molar-refractivity contribution in [2.45, 2.75) is 23.8 Å². The van der Waals surface area contributed by atoms with E-state index in [9.17, 15) is 0 Å². The van der Waals surface area contributed by atoms with Crippen LogP contribution in [0.5, 0.6) is 0 Å². The van der Waals surface area contributed by atoms with Crippen molar-refractivity contribution in [3.05, 3.63) is 0 Å². The highest BCUT2D eigenvalue weighted by Crippen LogP contribution is 2.02. The van der Waals surface area contributed by atoms with E-state index in [2.05, 4.69) is 38.0 Å². The van der Waals surface area contributed by atoms with Crippen molar-refractivity contribution < 1.29 is 9.47 Å². The molecule has 0 aromatic heterocycles. The average Bonchev–Trinajstić information content (AvgIpc) is 2.22. The first-order valence-electron chi connectivity index (χ1n) is 5.91. The lowest BCUT2D eigenvalue weighted by molar-refractivity contribution is -0.0440. The van der Waals surface area contributed by atoms with E-state index in [1.54, 1.807) is 14.2 Å². The lowest BCUT2D eigenvalue weighted by atomic mass is 10.8. The van der Waals surface area contributed by atoms with E-state index in [1.165, 1.54) is 12.1 Å². The molecule has 0 aliphatic heterocycles. The lowest BCUT2D eigenvalue weighted by Crippen LogP contribution is -2.45. The number of nitrogens with zero attached hydrogens (tertiary/aromatic N) is 2. The molecule has 4 nitrogen and oxygen atoms in total. The Hall–Kier alpha value is 0.274. The van der Waals surface area contributed by atoms with Crippen LogP contribution < -0.4 is 0 Å². The van der Waals surface area contributed by atoms with Crippen molar-refractivity contribution in [3.8, 4) is 0 Å². The van der Waals surface area contributed by atoms with Gasteiger partial charge in [-0.3, -0.25) is 9.80 Å². The first-order chi connectivity index (χ1) is 7.52. The predicted octanol–water partition coefficient (Wildman–Crippen LogP) is -0.856. The van der Waals surface area contributed by atoms with Gasteiger partial charge in [-0.05, 0) is 28.2 Å². The second-order valence-corrected chi connectivity index (χ2v) is 8.56. The van der Waals surface area contributed by atoms with E-state index in [0.717, 1.165) is 0 Å². The van der Waals surface area contributed by atoms with Gasteiger partial charge in [0.25, 0.3) is 0 Å². The van der Waals surface area contributed by atoms with Crippen molar-refractivity contribution in [1.82, 2.24) is 9.80 Å². The van der Waals surface area contributed by atoms with Crippen LogP contribution in [0, 0.1) is 0 Å². The highest BCUT2D eigenvalue weighted by Gasteiger charge is 2.14. The number of ether oxygens (including phenoxy) is 2. The summed E-state index contributed by atoms with van der Waals surface area (Å²) in [5.74, 6) is 0.795. The first-order valence-corrected chi connectivity index (χ1v) is 9.54. The van der Waals surface area contributed by atoms with E-state index < -0.39 is 0 Å². The molecule has 0 aliphatic rings. The summed E-state index contributed by atoms with van der Waals surface area (Å²) in [5, 5.41) is 0. The van der Waals surface area contributed by atoms with Crippen LogP contribution in [0.1, 0.15) is 0 Å². The minimum Gasteiger partial charge on any atom is -0.360 e. The van der Waals surface area contributed by atoms with Gasteiger partial charge in [0, 0.05) is 20.0 Å². The Balaban J connectivity index is 3.70. The maximum atomic E-state index is 5.24. The molecule has 0 amide bonds. The van der Waals surface area contributed by atoms with E-state index in [0.29, 0.717) is 5.79 Å². The third-order valence-electron chi connectivity index (χ3n) is 2.87. The average molecular weight is 265 g/mol. The fraction of sp³-hybridized carbons (Fsp3) is 1.00. The van der Waals surface area contributed by atoms with Gasteiger partial charge in [-0.1, -0.05) is 12.1 Å². The predicted molar refractivity (Wildman–Crippen MR) is 75.7 cm³/mol. The Labute approximate surface area is 105 Å². The molecule has 16 heavy (non-hydrogen) atoms. The Bertz CT molecular complexity index is 159. The van der Waals surface area contributed by atoms with Crippen molar-refractivity contribution >= 4 is 19.0 Å². The topological polar surface area (TPSA) is 24.9 Å². The normalized spacial score (nSPS) is 13.9. The van der Waals surface area contributed by atoms with Crippen LogP contribution in [0.4, 0.5) is 0 Å². The minimum absolute atomic E-state index is 0.0525. The third-order valence-corrected chi connectivity index (χ3v) is 8.80. The molecule has 0 unspecified atom stereocenters. The first kappa shape index (κ1) is 16.3. The summed E-state index contributed by atoms with van der Waals surface area (Å²) in [6.45, 7) is 0. The summed E-state index contributed by atoms with van der Waals surface area (Å²) in [4.78, 5) is 4.66. The van der Waals surface area contributed by atoms with Crippen LogP contribution in [-0.2, 0) is 9.47 Å². The monoisotopic (exact) mass is 264 g/mol. The number of methoxy groups -OCH3 is 2. The van der Waals surface area contributed by atoms with Gasteiger partial charge in [0.05, 0.1) is 19.0 Å². The largest absolute Gasteiger partial charge is 0.360 e. The smallest absolute Gasteiger partial charge is 0.134 e. The zero-order chi connectivity index (χ0) is 12.6. The van der Waals surface area contributed by atoms with Crippen molar-refractivity contribution in [1.29, 1.82) is 0 Å². The molecule has 0 aromatic carbocycles. The Morgan fingerprint density at radius 3 is 1.69 bits per heavy atom. The molecule has 0 N–H and O–H groups in total. The van der Waals surface area contributed by atoms with E-state index in [4.69, 9.17) is 9.47 Å². The van der Waals surface area contributed by atoms with Crippen molar-refractivity contribution in [3.63, 3.8) is 0 Å². The summed E-state index contributed by atoms with van der Waals surface area (Å²) in [6, 6.07) is 2.74. The quantitative estimate of drug-likeness (QED) is 0.308. The van der Waals surface area contributed by atoms with Gasteiger partial charge in [0.2, 0.25) is 0 Å². The molecule has 0 fully saturated rings. The number of rotatable bonds is 9. The van der Waals surface area contributed by atoms with Crippen LogP contribution in [0.25, 0.3) is 0 Å². The molecule has 0 atom stereocenters. The maximum Gasteiger partial charge on any atom is 0.134 e. The molecular weight excluding hydrogens is 236 g/mol. The van der Waals surface area contributed by atoms with E-state index in [1.807, 2.05) is 0 Å². The fourth-order valence-electron chi connectivity index (χ4n) is 1.95. The standard InChI is InChI=1S/C10H28N2O2Si2/c1-11(2)9(12(3)4)15-7-8-16-10(13-5)14-6/h9-10H,7-8,15-16H2,1-6H3. The van der Waals surface area contributed by atoms with Crippen LogP contribution in [0.2, 0.25) is 12.1 Å².